The van der Waals surface area contributed by atoms with Crippen LogP contribution in [-0.2, 0) is 19.4 Å². The highest BCUT2D eigenvalue weighted by molar-refractivity contribution is 5.94. The molecule has 0 radical (unpaired) electrons. The Morgan fingerprint density at radius 2 is 2.00 bits per heavy atom. The van der Waals surface area contributed by atoms with Gasteiger partial charge in [0.05, 0.1) is 12.2 Å². The maximum atomic E-state index is 12.9. The Hall–Kier alpha value is -3.28. The van der Waals surface area contributed by atoms with Crippen molar-refractivity contribution in [3.05, 3.63) is 81.4 Å². The molecule has 0 saturated carbocycles. The highest BCUT2D eigenvalue weighted by atomic mass is 16.2. The van der Waals surface area contributed by atoms with Gasteiger partial charge in [0.25, 0.3) is 11.5 Å². The van der Waals surface area contributed by atoms with E-state index in [1.165, 1.54) is 5.56 Å². The van der Waals surface area contributed by atoms with E-state index in [1.807, 2.05) is 36.4 Å². The first-order chi connectivity index (χ1) is 13.7. The maximum absolute atomic E-state index is 12.9. The number of carbonyl (C=O) groups excluding carboxylic acids is 1. The summed E-state index contributed by atoms with van der Waals surface area (Å²) >= 11 is 0. The minimum Gasteiger partial charge on any atom is -0.332 e. The average Bonchev–Trinajstić information content (AvgIpc) is 2.74. The topological polar surface area (TPSA) is 79.0 Å². The molecule has 0 bridgehead atoms. The van der Waals surface area contributed by atoms with Gasteiger partial charge in [0, 0.05) is 23.9 Å². The van der Waals surface area contributed by atoms with E-state index in [2.05, 4.69) is 21.9 Å². The Bertz CT molecular complexity index is 1040. The molecule has 3 heterocycles. The first-order valence-corrected chi connectivity index (χ1v) is 9.57. The molecule has 1 aromatic carbocycles. The molecule has 4 rings (SSSR count). The monoisotopic (exact) mass is 374 g/mol. The standard InChI is InChI=1S/C22H22N4O2/c1-2-5-15-7-9-16(10-8-15)22(28)26-13-11-17-19(14-26)24-20(25-21(17)27)18-6-3-4-12-23-18/h3-4,6-10,12H,2,5,11,13-14H2,1H3,(H,24,25,27). The van der Waals surface area contributed by atoms with Crippen LogP contribution in [0.15, 0.2) is 53.5 Å². The van der Waals surface area contributed by atoms with Crippen molar-refractivity contribution in [1.82, 2.24) is 19.9 Å². The lowest BCUT2D eigenvalue weighted by atomic mass is 10.0. The third kappa shape index (κ3) is 3.58. The number of carbonyl (C=O) groups is 1. The summed E-state index contributed by atoms with van der Waals surface area (Å²) in [6.45, 7) is 2.98. The Kier molecular flexibility index (Phi) is 5.02. The molecule has 1 aliphatic heterocycles. The van der Waals surface area contributed by atoms with Gasteiger partial charge in [-0.15, -0.1) is 0 Å². The number of aromatic nitrogens is 3. The summed E-state index contributed by atoms with van der Waals surface area (Å²) in [6.07, 6.45) is 4.25. The van der Waals surface area contributed by atoms with Crippen molar-refractivity contribution in [3.8, 4) is 11.5 Å². The molecule has 1 aliphatic rings. The molecular formula is C22H22N4O2. The molecule has 0 aliphatic carbocycles. The largest absolute Gasteiger partial charge is 0.332 e. The van der Waals surface area contributed by atoms with Crippen molar-refractivity contribution in [2.24, 2.45) is 0 Å². The van der Waals surface area contributed by atoms with Crippen LogP contribution in [0.2, 0.25) is 0 Å². The molecule has 6 nitrogen and oxygen atoms in total. The van der Waals surface area contributed by atoms with E-state index in [1.54, 1.807) is 17.2 Å². The SMILES string of the molecule is CCCc1ccc(C(=O)N2CCc3c(nc(-c4ccccn4)[nH]c3=O)C2)cc1. The number of nitrogens with one attached hydrogen (secondary N) is 1. The minimum absolute atomic E-state index is 0.0323. The second-order valence-corrected chi connectivity index (χ2v) is 6.98. The normalized spacial score (nSPS) is 13.2. The van der Waals surface area contributed by atoms with Crippen LogP contribution in [0.4, 0.5) is 0 Å². The first-order valence-electron chi connectivity index (χ1n) is 9.57. The van der Waals surface area contributed by atoms with E-state index in [-0.39, 0.29) is 11.5 Å². The summed E-state index contributed by atoms with van der Waals surface area (Å²) in [5.74, 6) is 0.401. The lowest BCUT2D eigenvalue weighted by Crippen LogP contribution is -2.39. The zero-order valence-corrected chi connectivity index (χ0v) is 15.8. The number of hydrogen-bond acceptors (Lipinski definition) is 4. The van der Waals surface area contributed by atoms with E-state index >= 15 is 0 Å². The maximum Gasteiger partial charge on any atom is 0.254 e. The highest BCUT2D eigenvalue weighted by Gasteiger charge is 2.25. The Morgan fingerprint density at radius 3 is 2.71 bits per heavy atom. The molecule has 3 aromatic rings. The van der Waals surface area contributed by atoms with E-state index in [9.17, 15) is 9.59 Å². The van der Waals surface area contributed by atoms with Crippen LogP contribution < -0.4 is 5.56 Å². The van der Waals surface area contributed by atoms with Gasteiger partial charge in [0.2, 0.25) is 0 Å². The highest BCUT2D eigenvalue weighted by Crippen LogP contribution is 2.19. The zero-order chi connectivity index (χ0) is 19.5. The number of fused-ring (bicyclic) bond motifs is 1. The van der Waals surface area contributed by atoms with Crippen LogP contribution in [0.25, 0.3) is 11.5 Å². The Morgan fingerprint density at radius 1 is 1.18 bits per heavy atom. The number of aryl methyl sites for hydroxylation is 1. The molecule has 6 heteroatoms. The second-order valence-electron chi connectivity index (χ2n) is 6.98. The van der Waals surface area contributed by atoms with Gasteiger partial charge >= 0.3 is 0 Å². The van der Waals surface area contributed by atoms with Gasteiger partial charge in [-0.3, -0.25) is 14.6 Å². The second kappa shape index (κ2) is 7.76. The molecule has 0 fully saturated rings. The van der Waals surface area contributed by atoms with Crippen molar-refractivity contribution < 1.29 is 4.79 Å². The first kappa shape index (κ1) is 18.1. The van der Waals surface area contributed by atoms with Crippen LogP contribution in [-0.4, -0.2) is 32.3 Å². The van der Waals surface area contributed by atoms with Gasteiger partial charge in [0.15, 0.2) is 5.82 Å². The fraction of sp³-hybridized carbons (Fsp3) is 0.273. The number of pyridine rings is 1. The Balaban J connectivity index is 1.59. The summed E-state index contributed by atoms with van der Waals surface area (Å²) in [7, 11) is 0. The number of benzene rings is 1. The summed E-state index contributed by atoms with van der Waals surface area (Å²) in [4.78, 5) is 38.8. The summed E-state index contributed by atoms with van der Waals surface area (Å²) in [6, 6.07) is 13.2. The number of rotatable bonds is 4. The van der Waals surface area contributed by atoms with Gasteiger partial charge in [-0.2, -0.15) is 0 Å². The lowest BCUT2D eigenvalue weighted by molar-refractivity contribution is 0.0731. The van der Waals surface area contributed by atoms with E-state index in [0.717, 1.165) is 12.8 Å². The van der Waals surface area contributed by atoms with Gasteiger partial charge in [-0.1, -0.05) is 31.5 Å². The van der Waals surface area contributed by atoms with Crippen LogP contribution >= 0.6 is 0 Å². The molecule has 0 spiro atoms. The third-order valence-corrected chi connectivity index (χ3v) is 5.01. The number of nitrogens with zero attached hydrogens (tertiary/aromatic N) is 3. The number of amides is 1. The molecule has 0 atom stereocenters. The van der Waals surface area contributed by atoms with E-state index in [4.69, 9.17) is 0 Å². The van der Waals surface area contributed by atoms with Crippen molar-refractivity contribution in [2.75, 3.05) is 6.54 Å². The number of H-pyrrole nitrogens is 1. The summed E-state index contributed by atoms with van der Waals surface area (Å²) in [5.41, 5.74) is 3.65. The number of hydrogen-bond donors (Lipinski definition) is 1. The van der Waals surface area contributed by atoms with Crippen LogP contribution in [0, 0.1) is 0 Å². The van der Waals surface area contributed by atoms with Crippen molar-refractivity contribution in [3.63, 3.8) is 0 Å². The molecule has 142 valence electrons. The minimum atomic E-state index is -0.151. The molecule has 1 amide bonds. The Labute approximate surface area is 163 Å². The smallest absolute Gasteiger partial charge is 0.254 e. The van der Waals surface area contributed by atoms with Gasteiger partial charge in [-0.05, 0) is 42.7 Å². The molecule has 1 N–H and O–H groups in total. The molecular weight excluding hydrogens is 352 g/mol. The van der Waals surface area contributed by atoms with Gasteiger partial charge < -0.3 is 9.88 Å². The number of aromatic amines is 1. The van der Waals surface area contributed by atoms with E-state index in [0.29, 0.717) is 47.8 Å². The van der Waals surface area contributed by atoms with Crippen molar-refractivity contribution >= 4 is 5.91 Å². The fourth-order valence-electron chi connectivity index (χ4n) is 3.52. The summed E-state index contributed by atoms with van der Waals surface area (Å²) in [5, 5.41) is 0. The zero-order valence-electron chi connectivity index (χ0n) is 15.8. The van der Waals surface area contributed by atoms with Crippen molar-refractivity contribution in [1.29, 1.82) is 0 Å². The molecule has 2 aromatic heterocycles. The van der Waals surface area contributed by atoms with E-state index < -0.39 is 0 Å². The fourth-order valence-corrected chi connectivity index (χ4v) is 3.52. The predicted molar refractivity (Wildman–Crippen MR) is 107 cm³/mol. The van der Waals surface area contributed by atoms with Crippen LogP contribution in [0.3, 0.4) is 0 Å². The van der Waals surface area contributed by atoms with Crippen LogP contribution in [0.5, 0.6) is 0 Å². The average molecular weight is 374 g/mol. The van der Waals surface area contributed by atoms with Crippen molar-refractivity contribution in [2.45, 2.75) is 32.7 Å². The third-order valence-electron chi connectivity index (χ3n) is 5.01. The molecule has 0 saturated heterocycles. The predicted octanol–water partition coefficient (Wildman–Crippen LogP) is 2.98. The molecule has 0 unspecified atom stereocenters. The van der Waals surface area contributed by atoms with Gasteiger partial charge in [-0.25, -0.2) is 4.98 Å². The van der Waals surface area contributed by atoms with Crippen LogP contribution in [0.1, 0.15) is 40.5 Å². The molecule has 28 heavy (non-hydrogen) atoms. The quantitative estimate of drug-likeness (QED) is 0.761. The van der Waals surface area contributed by atoms with Gasteiger partial charge in [0.1, 0.15) is 5.69 Å². The summed E-state index contributed by atoms with van der Waals surface area (Å²) < 4.78 is 0. The lowest BCUT2D eigenvalue weighted by Gasteiger charge is -2.28.